The Hall–Kier alpha value is -2.16. The molecule has 3 N–H and O–H groups in total. The van der Waals surface area contributed by atoms with Crippen LogP contribution in [0.2, 0.25) is 0 Å². The molecule has 0 aromatic carbocycles. The van der Waals surface area contributed by atoms with E-state index in [0.29, 0.717) is 21.6 Å². The molecule has 0 unspecified atom stereocenters. The molecule has 0 aliphatic rings. The molecule has 0 atom stereocenters. The van der Waals surface area contributed by atoms with Crippen molar-refractivity contribution < 1.29 is 0 Å². The van der Waals surface area contributed by atoms with Crippen LogP contribution in [-0.2, 0) is 7.05 Å². The van der Waals surface area contributed by atoms with Gasteiger partial charge in [0.15, 0.2) is 5.16 Å². The van der Waals surface area contributed by atoms with Gasteiger partial charge in [0.2, 0.25) is 0 Å². The number of nitrogen functional groups attached to an aromatic ring is 1. The van der Waals surface area contributed by atoms with E-state index in [0.717, 1.165) is 11.8 Å². The van der Waals surface area contributed by atoms with E-state index in [1.807, 2.05) is 0 Å². The summed E-state index contributed by atoms with van der Waals surface area (Å²) in [7, 11) is 1.58. The zero-order valence-corrected chi connectivity index (χ0v) is 10.5. The predicted octanol–water partition coefficient (Wildman–Crippen LogP) is -0.700. The number of nitrogens with one attached hydrogen (secondary N) is 1. The van der Waals surface area contributed by atoms with Gasteiger partial charge in [0.1, 0.15) is 17.2 Å². The molecule has 2 aromatic rings. The molecule has 0 spiro atoms. The molecule has 0 saturated carbocycles. The second-order valence-corrected chi connectivity index (χ2v) is 4.45. The first-order chi connectivity index (χ1) is 8.49. The molecular formula is C9H10N6O2S. The summed E-state index contributed by atoms with van der Waals surface area (Å²) in [6, 6.07) is 0. The van der Waals surface area contributed by atoms with Crippen LogP contribution in [0, 0.1) is 6.92 Å². The van der Waals surface area contributed by atoms with Crippen LogP contribution in [0.15, 0.2) is 26.1 Å². The number of anilines is 1. The van der Waals surface area contributed by atoms with Crippen LogP contribution < -0.4 is 16.9 Å². The molecule has 8 nitrogen and oxygen atoms in total. The SMILES string of the molecule is Cc1c(N)ncnc1Sc1nc(=O)c(=O)[nH]n1C. The maximum absolute atomic E-state index is 11.2. The van der Waals surface area contributed by atoms with Crippen molar-refractivity contribution in [2.45, 2.75) is 17.1 Å². The number of rotatable bonds is 2. The van der Waals surface area contributed by atoms with Gasteiger partial charge in [-0.3, -0.25) is 19.4 Å². The fourth-order valence-electron chi connectivity index (χ4n) is 1.19. The zero-order chi connectivity index (χ0) is 13.3. The second kappa shape index (κ2) is 4.61. The summed E-state index contributed by atoms with van der Waals surface area (Å²) in [4.78, 5) is 33.8. The maximum Gasteiger partial charge on any atom is 0.339 e. The summed E-state index contributed by atoms with van der Waals surface area (Å²) in [5.74, 6) is 0.363. The van der Waals surface area contributed by atoms with Crippen molar-refractivity contribution in [3.63, 3.8) is 0 Å². The van der Waals surface area contributed by atoms with Crippen molar-refractivity contribution >= 4 is 17.6 Å². The van der Waals surface area contributed by atoms with Crippen molar-refractivity contribution in [3.05, 3.63) is 32.6 Å². The Morgan fingerprint density at radius 3 is 2.83 bits per heavy atom. The third kappa shape index (κ3) is 2.25. The van der Waals surface area contributed by atoms with E-state index in [9.17, 15) is 9.59 Å². The van der Waals surface area contributed by atoms with Gasteiger partial charge in [-0.1, -0.05) is 0 Å². The van der Waals surface area contributed by atoms with Gasteiger partial charge in [-0.05, 0) is 18.7 Å². The highest BCUT2D eigenvalue weighted by molar-refractivity contribution is 7.99. The number of aryl methyl sites for hydroxylation is 1. The Bertz CT molecular complexity index is 707. The molecule has 0 aliphatic heterocycles. The quantitative estimate of drug-likeness (QED) is 0.544. The summed E-state index contributed by atoms with van der Waals surface area (Å²) >= 11 is 1.13. The molecule has 9 heteroatoms. The molecule has 0 amide bonds. The third-order valence-electron chi connectivity index (χ3n) is 2.21. The average molecular weight is 266 g/mol. The lowest BCUT2D eigenvalue weighted by molar-refractivity contribution is 0.596. The highest BCUT2D eigenvalue weighted by Gasteiger charge is 2.10. The first-order valence-electron chi connectivity index (χ1n) is 4.91. The van der Waals surface area contributed by atoms with E-state index in [-0.39, 0.29) is 0 Å². The first-order valence-corrected chi connectivity index (χ1v) is 5.73. The molecule has 0 saturated heterocycles. The average Bonchev–Trinajstić information content (AvgIpc) is 2.32. The lowest BCUT2D eigenvalue weighted by Gasteiger charge is -2.07. The molecule has 2 rings (SSSR count). The van der Waals surface area contributed by atoms with Gasteiger partial charge in [-0.2, -0.15) is 4.98 Å². The van der Waals surface area contributed by atoms with E-state index in [2.05, 4.69) is 20.1 Å². The van der Waals surface area contributed by atoms with E-state index < -0.39 is 11.1 Å². The highest BCUT2D eigenvalue weighted by atomic mass is 32.2. The smallest absolute Gasteiger partial charge is 0.339 e. The zero-order valence-electron chi connectivity index (χ0n) is 9.67. The van der Waals surface area contributed by atoms with Crippen molar-refractivity contribution in [2.75, 3.05) is 5.73 Å². The number of aromatic nitrogens is 5. The van der Waals surface area contributed by atoms with Crippen molar-refractivity contribution in [1.82, 2.24) is 24.7 Å². The monoisotopic (exact) mass is 266 g/mol. The van der Waals surface area contributed by atoms with E-state index in [1.54, 1.807) is 14.0 Å². The molecule has 0 bridgehead atoms. The summed E-state index contributed by atoms with van der Waals surface area (Å²) in [6.45, 7) is 1.77. The second-order valence-electron chi connectivity index (χ2n) is 3.49. The first kappa shape index (κ1) is 12.3. The molecule has 0 fully saturated rings. The van der Waals surface area contributed by atoms with E-state index in [1.165, 1.54) is 11.0 Å². The normalized spacial score (nSPS) is 10.6. The number of H-pyrrole nitrogens is 1. The van der Waals surface area contributed by atoms with Gasteiger partial charge in [-0.25, -0.2) is 9.97 Å². The topological polar surface area (TPSA) is 120 Å². The Balaban J connectivity index is 2.46. The number of hydrogen-bond acceptors (Lipinski definition) is 7. The summed E-state index contributed by atoms with van der Waals surface area (Å²) in [5.41, 5.74) is 4.75. The minimum atomic E-state index is -0.838. The molecule has 94 valence electrons. The largest absolute Gasteiger partial charge is 0.383 e. The molecule has 2 aromatic heterocycles. The van der Waals surface area contributed by atoms with Crippen LogP contribution in [-0.4, -0.2) is 24.7 Å². The van der Waals surface area contributed by atoms with E-state index >= 15 is 0 Å². The predicted molar refractivity (Wildman–Crippen MR) is 65.4 cm³/mol. The molecule has 0 radical (unpaired) electrons. The minimum Gasteiger partial charge on any atom is -0.383 e. The summed E-state index contributed by atoms with van der Waals surface area (Å²) < 4.78 is 1.35. The van der Waals surface area contributed by atoms with Crippen molar-refractivity contribution in [2.24, 2.45) is 7.05 Å². The molecule has 0 aliphatic carbocycles. The number of nitrogens with two attached hydrogens (primary N) is 1. The summed E-state index contributed by atoms with van der Waals surface area (Å²) in [6.07, 6.45) is 1.33. The maximum atomic E-state index is 11.2. The van der Waals surface area contributed by atoms with Gasteiger partial charge >= 0.3 is 11.1 Å². The Labute approximate surface area is 105 Å². The fourth-order valence-corrected chi connectivity index (χ4v) is 2.03. The van der Waals surface area contributed by atoms with Crippen LogP contribution >= 0.6 is 11.8 Å². The van der Waals surface area contributed by atoms with Crippen LogP contribution in [0.3, 0.4) is 0 Å². The molecular weight excluding hydrogens is 256 g/mol. The van der Waals surface area contributed by atoms with Crippen LogP contribution in [0.1, 0.15) is 5.56 Å². The summed E-state index contributed by atoms with van der Waals surface area (Å²) in [5, 5.41) is 3.25. The Morgan fingerprint density at radius 2 is 2.11 bits per heavy atom. The Morgan fingerprint density at radius 1 is 1.39 bits per heavy atom. The Kier molecular flexibility index (Phi) is 3.15. The lowest BCUT2D eigenvalue weighted by atomic mass is 10.4. The molecule has 2 heterocycles. The van der Waals surface area contributed by atoms with Gasteiger partial charge < -0.3 is 5.73 Å². The standard InChI is InChI=1S/C9H10N6O2S/c1-4-5(10)11-3-12-8(4)18-9-13-6(16)7(17)14-15(9)2/h3H,1-2H3,(H,14,17)(H2,10,11,12). The van der Waals surface area contributed by atoms with Gasteiger partial charge in [-0.15, -0.1) is 0 Å². The van der Waals surface area contributed by atoms with Crippen LogP contribution in [0.25, 0.3) is 0 Å². The lowest BCUT2D eigenvalue weighted by Crippen LogP contribution is -2.33. The fraction of sp³-hybridized carbons (Fsp3) is 0.222. The van der Waals surface area contributed by atoms with Gasteiger partial charge in [0.25, 0.3) is 0 Å². The van der Waals surface area contributed by atoms with Gasteiger partial charge in [0.05, 0.1) is 0 Å². The van der Waals surface area contributed by atoms with Crippen molar-refractivity contribution in [1.29, 1.82) is 0 Å². The van der Waals surface area contributed by atoms with Crippen LogP contribution in [0.4, 0.5) is 5.82 Å². The van der Waals surface area contributed by atoms with Gasteiger partial charge in [0, 0.05) is 12.6 Å². The minimum absolute atomic E-state index is 0.320. The third-order valence-corrected chi connectivity index (χ3v) is 3.37. The number of nitrogens with zero attached hydrogens (tertiary/aromatic N) is 4. The van der Waals surface area contributed by atoms with E-state index in [4.69, 9.17) is 5.73 Å². The highest BCUT2D eigenvalue weighted by Crippen LogP contribution is 2.26. The number of hydrogen-bond donors (Lipinski definition) is 2. The number of aromatic amines is 1. The van der Waals surface area contributed by atoms with Crippen LogP contribution in [0.5, 0.6) is 0 Å². The molecule has 18 heavy (non-hydrogen) atoms. The van der Waals surface area contributed by atoms with Crippen molar-refractivity contribution in [3.8, 4) is 0 Å².